The molecule has 2 aromatic rings. The predicted molar refractivity (Wildman–Crippen MR) is 80.7 cm³/mol. The van der Waals surface area contributed by atoms with Gasteiger partial charge >= 0.3 is 0 Å². The van der Waals surface area contributed by atoms with Gasteiger partial charge in [-0.2, -0.15) is 10.4 Å². The number of rotatable bonds is 6. The van der Waals surface area contributed by atoms with Crippen molar-refractivity contribution in [2.24, 2.45) is 0 Å². The first-order valence-corrected chi connectivity index (χ1v) is 7.13. The van der Waals surface area contributed by atoms with Gasteiger partial charge in [0, 0.05) is 18.9 Å². The largest absolute Gasteiger partial charge is 0.353 e. The molecule has 0 fully saturated rings. The monoisotopic (exact) mass is 404 g/mol. The van der Waals surface area contributed by atoms with Crippen LogP contribution in [-0.2, 0) is 6.54 Å². The van der Waals surface area contributed by atoms with Crippen LogP contribution in [0.3, 0.4) is 0 Å². The van der Waals surface area contributed by atoms with Crippen molar-refractivity contribution in [1.82, 2.24) is 19.7 Å². The minimum absolute atomic E-state index is 0.345. The molecule has 2 heterocycles. The number of aromatic nitrogens is 4. The van der Waals surface area contributed by atoms with Crippen LogP contribution >= 0.6 is 22.6 Å². The van der Waals surface area contributed by atoms with Crippen LogP contribution < -0.4 is 5.32 Å². The lowest BCUT2D eigenvalue weighted by Gasteiger charge is -2.03. The predicted octanol–water partition coefficient (Wildman–Crippen LogP) is 2.54. The molecule has 110 valence electrons. The molecule has 2 aromatic heterocycles. The Morgan fingerprint density at radius 1 is 1.48 bits per heavy atom. The highest BCUT2D eigenvalue weighted by Gasteiger charge is 2.13. The van der Waals surface area contributed by atoms with Crippen LogP contribution in [0.5, 0.6) is 0 Å². The first-order valence-electron chi connectivity index (χ1n) is 6.05. The number of anilines is 1. The van der Waals surface area contributed by atoms with Crippen molar-refractivity contribution in [1.29, 1.82) is 5.26 Å². The van der Waals surface area contributed by atoms with Crippen LogP contribution in [0.4, 0.5) is 14.7 Å². The molecule has 0 unspecified atom stereocenters. The number of nitriles is 1. The Labute approximate surface area is 133 Å². The van der Waals surface area contributed by atoms with E-state index >= 15 is 0 Å². The van der Waals surface area contributed by atoms with Crippen molar-refractivity contribution in [3.8, 4) is 17.3 Å². The number of nitrogens with one attached hydrogen (secondary N) is 1. The summed E-state index contributed by atoms with van der Waals surface area (Å²) in [5.74, 6) is 0.389. The Hall–Kier alpha value is -1.83. The molecule has 0 atom stereocenters. The van der Waals surface area contributed by atoms with Gasteiger partial charge in [-0.3, -0.25) is 4.68 Å². The third-order valence-corrected chi connectivity index (χ3v) is 3.29. The summed E-state index contributed by atoms with van der Waals surface area (Å²) in [6.07, 6.45) is 0.992. The molecule has 21 heavy (non-hydrogen) atoms. The van der Waals surface area contributed by atoms with E-state index in [9.17, 15) is 8.78 Å². The second-order valence-corrected chi connectivity index (χ2v) is 5.07. The number of nitrogens with zero attached hydrogens (tertiary/aromatic N) is 5. The van der Waals surface area contributed by atoms with Gasteiger partial charge in [0.15, 0.2) is 0 Å². The number of halogens is 3. The van der Waals surface area contributed by atoms with E-state index in [1.165, 1.54) is 10.9 Å². The molecule has 0 saturated heterocycles. The van der Waals surface area contributed by atoms with E-state index in [1.807, 2.05) is 28.7 Å². The van der Waals surface area contributed by atoms with Crippen molar-refractivity contribution < 1.29 is 8.78 Å². The summed E-state index contributed by atoms with van der Waals surface area (Å²) in [5, 5.41) is 15.4. The lowest BCUT2D eigenvalue weighted by molar-refractivity contribution is 0.121. The Bertz CT molecular complexity index is 651. The fraction of sp³-hybridized carbons (Fsp3) is 0.333. The summed E-state index contributed by atoms with van der Waals surface area (Å²) in [7, 11) is 0. The average molecular weight is 404 g/mol. The van der Waals surface area contributed by atoms with Crippen LogP contribution in [0.2, 0.25) is 0 Å². The molecule has 0 aliphatic heterocycles. The van der Waals surface area contributed by atoms with E-state index in [0.717, 1.165) is 0 Å². The molecule has 0 aliphatic rings. The molecule has 0 saturated carbocycles. The Morgan fingerprint density at radius 3 is 3.00 bits per heavy atom. The topological polar surface area (TPSA) is 79.4 Å². The summed E-state index contributed by atoms with van der Waals surface area (Å²) in [5.41, 5.74) is 1.26. The standard InChI is InChI=1S/C12H11F2IN6/c13-10(14)7-21-6-8(11(15)20-21)9-2-5-18-12(19-9)17-4-1-3-16/h2,5-6,10H,1,4,7H2,(H,17,18,19). The van der Waals surface area contributed by atoms with Gasteiger partial charge in [-0.05, 0) is 28.7 Å². The lowest BCUT2D eigenvalue weighted by Crippen LogP contribution is -2.06. The Balaban J connectivity index is 2.19. The third-order valence-electron chi connectivity index (χ3n) is 2.49. The minimum atomic E-state index is -2.46. The van der Waals surface area contributed by atoms with E-state index in [-0.39, 0.29) is 0 Å². The molecular formula is C12H11F2IN6. The first-order chi connectivity index (χ1) is 10.1. The molecule has 1 N–H and O–H groups in total. The molecule has 6 nitrogen and oxygen atoms in total. The van der Waals surface area contributed by atoms with Crippen molar-refractivity contribution in [3.05, 3.63) is 22.2 Å². The van der Waals surface area contributed by atoms with Crippen LogP contribution in [-0.4, -0.2) is 32.7 Å². The zero-order chi connectivity index (χ0) is 15.2. The highest BCUT2D eigenvalue weighted by molar-refractivity contribution is 14.1. The average Bonchev–Trinajstić information content (AvgIpc) is 2.79. The van der Waals surface area contributed by atoms with E-state index in [0.29, 0.717) is 33.9 Å². The molecule has 0 spiro atoms. The summed E-state index contributed by atoms with van der Waals surface area (Å²) in [6.45, 7) is -0.00392. The maximum atomic E-state index is 12.4. The summed E-state index contributed by atoms with van der Waals surface area (Å²) in [4.78, 5) is 8.33. The molecule has 0 bridgehead atoms. The number of hydrogen-bond acceptors (Lipinski definition) is 5. The van der Waals surface area contributed by atoms with Gasteiger partial charge < -0.3 is 5.32 Å². The van der Waals surface area contributed by atoms with Gasteiger partial charge in [-0.15, -0.1) is 0 Å². The molecule has 0 radical (unpaired) electrons. The second-order valence-electron chi connectivity index (χ2n) is 4.05. The maximum absolute atomic E-state index is 12.4. The van der Waals surface area contributed by atoms with E-state index in [2.05, 4.69) is 20.4 Å². The summed E-state index contributed by atoms with van der Waals surface area (Å²) >= 11 is 1.98. The zero-order valence-corrected chi connectivity index (χ0v) is 13.0. The molecule has 0 aliphatic carbocycles. The Morgan fingerprint density at radius 2 is 2.29 bits per heavy atom. The van der Waals surface area contributed by atoms with E-state index < -0.39 is 13.0 Å². The normalized spacial score (nSPS) is 10.6. The van der Waals surface area contributed by atoms with Crippen LogP contribution in [0, 0.1) is 15.0 Å². The summed E-state index contributed by atoms with van der Waals surface area (Å²) < 4.78 is 26.5. The zero-order valence-electron chi connectivity index (χ0n) is 10.8. The number of hydrogen-bond donors (Lipinski definition) is 1. The first kappa shape index (κ1) is 15.6. The molecule has 9 heteroatoms. The number of alkyl halides is 2. The molecular weight excluding hydrogens is 393 g/mol. The van der Waals surface area contributed by atoms with Gasteiger partial charge in [0.05, 0.1) is 23.7 Å². The lowest BCUT2D eigenvalue weighted by atomic mass is 10.2. The Kier molecular flexibility index (Phi) is 5.38. The van der Waals surface area contributed by atoms with Gasteiger partial charge in [-0.25, -0.2) is 18.7 Å². The van der Waals surface area contributed by atoms with Gasteiger partial charge in [-0.1, -0.05) is 0 Å². The highest BCUT2D eigenvalue weighted by Crippen LogP contribution is 2.23. The quantitative estimate of drug-likeness (QED) is 0.592. The van der Waals surface area contributed by atoms with Gasteiger partial charge in [0.2, 0.25) is 5.95 Å². The van der Waals surface area contributed by atoms with Crippen molar-refractivity contribution in [3.63, 3.8) is 0 Å². The van der Waals surface area contributed by atoms with Crippen molar-refractivity contribution >= 4 is 28.5 Å². The van der Waals surface area contributed by atoms with Crippen molar-refractivity contribution in [2.75, 3.05) is 11.9 Å². The third kappa shape index (κ3) is 4.32. The van der Waals surface area contributed by atoms with E-state index in [4.69, 9.17) is 5.26 Å². The fourth-order valence-electron chi connectivity index (χ4n) is 1.63. The summed E-state index contributed by atoms with van der Waals surface area (Å²) in [6, 6.07) is 3.69. The molecule has 0 amide bonds. The highest BCUT2D eigenvalue weighted by atomic mass is 127. The molecule has 2 rings (SSSR count). The van der Waals surface area contributed by atoms with Gasteiger partial charge in [0.1, 0.15) is 10.2 Å². The van der Waals surface area contributed by atoms with Crippen LogP contribution in [0.1, 0.15) is 6.42 Å². The second kappa shape index (κ2) is 7.26. The SMILES string of the molecule is N#CCCNc1nccc(-c2cn(CC(F)F)nc2I)n1. The van der Waals surface area contributed by atoms with E-state index in [1.54, 1.807) is 12.3 Å². The van der Waals surface area contributed by atoms with Gasteiger partial charge in [0.25, 0.3) is 6.43 Å². The minimum Gasteiger partial charge on any atom is -0.353 e. The fourth-order valence-corrected chi connectivity index (χ4v) is 2.32. The molecule has 0 aromatic carbocycles. The van der Waals surface area contributed by atoms with Crippen LogP contribution in [0.25, 0.3) is 11.3 Å². The maximum Gasteiger partial charge on any atom is 0.257 e. The van der Waals surface area contributed by atoms with Crippen molar-refractivity contribution in [2.45, 2.75) is 19.4 Å². The smallest absolute Gasteiger partial charge is 0.257 e. The van der Waals surface area contributed by atoms with Crippen LogP contribution in [0.15, 0.2) is 18.5 Å².